The Labute approximate surface area is 108 Å². The standard InChI is InChI=1S/C14H18N2O2/c1-4-18-13-6-5-12(9-11(13)2)7-8-16(3)14(17)10-15/h5-6,9H,4,7-8H2,1-3H3. The molecule has 0 atom stereocenters. The molecule has 1 aromatic rings. The second-order valence-corrected chi connectivity index (χ2v) is 4.12. The lowest BCUT2D eigenvalue weighted by atomic mass is 10.1. The third-order valence-electron chi connectivity index (χ3n) is 2.72. The van der Waals surface area contributed by atoms with Gasteiger partial charge in [0.05, 0.1) is 6.61 Å². The van der Waals surface area contributed by atoms with E-state index in [4.69, 9.17) is 10.00 Å². The van der Waals surface area contributed by atoms with Crippen molar-refractivity contribution in [2.75, 3.05) is 20.2 Å². The topological polar surface area (TPSA) is 53.3 Å². The van der Waals surface area contributed by atoms with E-state index in [9.17, 15) is 4.79 Å². The quantitative estimate of drug-likeness (QED) is 0.746. The number of benzene rings is 1. The maximum Gasteiger partial charge on any atom is 0.324 e. The van der Waals surface area contributed by atoms with Gasteiger partial charge in [0, 0.05) is 13.6 Å². The van der Waals surface area contributed by atoms with E-state index in [0.29, 0.717) is 13.2 Å². The second kappa shape index (κ2) is 6.65. The third kappa shape index (κ3) is 3.77. The van der Waals surface area contributed by atoms with E-state index in [2.05, 4.69) is 6.07 Å². The molecule has 0 spiro atoms. The van der Waals surface area contributed by atoms with Gasteiger partial charge in [-0.25, -0.2) is 0 Å². The van der Waals surface area contributed by atoms with E-state index in [0.717, 1.165) is 23.3 Å². The molecule has 0 heterocycles. The molecular formula is C14H18N2O2. The number of carbonyl (C=O) groups excluding carboxylic acids is 1. The predicted octanol–water partition coefficient (Wildman–Crippen LogP) is 1.92. The summed E-state index contributed by atoms with van der Waals surface area (Å²) in [6.45, 7) is 5.15. The number of nitriles is 1. The smallest absolute Gasteiger partial charge is 0.324 e. The first kappa shape index (κ1) is 14.0. The minimum absolute atomic E-state index is 0.502. The molecule has 18 heavy (non-hydrogen) atoms. The van der Waals surface area contributed by atoms with Crippen molar-refractivity contribution in [3.05, 3.63) is 29.3 Å². The Kier molecular flexibility index (Phi) is 5.19. The number of hydrogen-bond donors (Lipinski definition) is 0. The summed E-state index contributed by atoms with van der Waals surface area (Å²) < 4.78 is 5.47. The molecule has 0 unspecified atom stereocenters. The number of ether oxygens (including phenoxy) is 1. The highest BCUT2D eigenvalue weighted by Crippen LogP contribution is 2.19. The highest BCUT2D eigenvalue weighted by atomic mass is 16.5. The van der Waals surface area contributed by atoms with E-state index in [1.807, 2.05) is 26.0 Å². The average molecular weight is 246 g/mol. The van der Waals surface area contributed by atoms with E-state index >= 15 is 0 Å². The van der Waals surface area contributed by atoms with Crippen molar-refractivity contribution < 1.29 is 9.53 Å². The molecule has 0 bridgehead atoms. The lowest BCUT2D eigenvalue weighted by Crippen LogP contribution is -2.27. The van der Waals surface area contributed by atoms with Gasteiger partial charge in [-0.05, 0) is 37.5 Å². The van der Waals surface area contributed by atoms with Crippen molar-refractivity contribution in [1.29, 1.82) is 5.26 Å². The summed E-state index contributed by atoms with van der Waals surface area (Å²) in [7, 11) is 1.63. The molecule has 1 amide bonds. The molecule has 4 heteroatoms. The van der Waals surface area contributed by atoms with Gasteiger partial charge in [-0.15, -0.1) is 0 Å². The fourth-order valence-electron chi connectivity index (χ4n) is 1.67. The van der Waals surface area contributed by atoms with Crippen molar-refractivity contribution in [2.45, 2.75) is 20.3 Å². The lowest BCUT2D eigenvalue weighted by molar-refractivity contribution is -0.124. The SMILES string of the molecule is CCOc1ccc(CCN(C)C(=O)C#N)cc1C. The largest absolute Gasteiger partial charge is 0.494 e. The van der Waals surface area contributed by atoms with E-state index < -0.39 is 5.91 Å². The van der Waals surface area contributed by atoms with Gasteiger partial charge < -0.3 is 9.64 Å². The van der Waals surface area contributed by atoms with Crippen LogP contribution in [-0.4, -0.2) is 31.0 Å². The molecule has 1 rings (SSSR count). The zero-order chi connectivity index (χ0) is 13.5. The van der Waals surface area contributed by atoms with E-state index in [-0.39, 0.29) is 0 Å². The van der Waals surface area contributed by atoms with Crippen LogP contribution in [0.2, 0.25) is 0 Å². The van der Waals surface area contributed by atoms with Gasteiger partial charge in [0.2, 0.25) is 0 Å². The van der Waals surface area contributed by atoms with Crippen molar-refractivity contribution in [3.63, 3.8) is 0 Å². The molecule has 0 aliphatic heterocycles. The van der Waals surface area contributed by atoms with Gasteiger partial charge >= 0.3 is 5.91 Å². The summed E-state index contributed by atoms with van der Waals surface area (Å²) in [5.41, 5.74) is 2.22. The molecule has 0 saturated carbocycles. The van der Waals surface area contributed by atoms with Crippen LogP contribution in [0.5, 0.6) is 5.75 Å². The van der Waals surface area contributed by atoms with Crippen LogP contribution in [0.25, 0.3) is 0 Å². The van der Waals surface area contributed by atoms with Crippen LogP contribution in [0, 0.1) is 18.3 Å². The van der Waals surface area contributed by atoms with Crippen molar-refractivity contribution in [1.82, 2.24) is 4.90 Å². The zero-order valence-electron chi connectivity index (χ0n) is 11.1. The summed E-state index contributed by atoms with van der Waals surface area (Å²) in [5.74, 6) is 0.389. The number of hydrogen-bond acceptors (Lipinski definition) is 3. The van der Waals surface area contributed by atoms with Crippen LogP contribution in [0.1, 0.15) is 18.1 Å². The molecule has 0 aliphatic rings. The molecule has 0 aliphatic carbocycles. The molecule has 4 nitrogen and oxygen atoms in total. The first-order chi connectivity index (χ1) is 8.58. The maximum absolute atomic E-state index is 11.1. The minimum Gasteiger partial charge on any atom is -0.494 e. The fourth-order valence-corrected chi connectivity index (χ4v) is 1.67. The van der Waals surface area contributed by atoms with Gasteiger partial charge in [-0.1, -0.05) is 12.1 Å². The Hall–Kier alpha value is -2.02. The maximum atomic E-state index is 11.1. The van der Waals surface area contributed by atoms with Crippen molar-refractivity contribution in [2.24, 2.45) is 0 Å². The Morgan fingerprint density at radius 1 is 1.50 bits per heavy atom. The summed E-state index contributed by atoms with van der Waals surface area (Å²) >= 11 is 0. The number of likely N-dealkylation sites (N-methyl/N-ethyl adjacent to an activating group) is 1. The summed E-state index contributed by atoms with van der Waals surface area (Å²) in [4.78, 5) is 12.5. The van der Waals surface area contributed by atoms with Gasteiger partial charge in [0.15, 0.2) is 6.07 Å². The van der Waals surface area contributed by atoms with E-state index in [1.54, 1.807) is 13.1 Å². The van der Waals surface area contributed by atoms with Crippen LogP contribution >= 0.6 is 0 Å². The van der Waals surface area contributed by atoms with Crippen LogP contribution in [-0.2, 0) is 11.2 Å². The summed E-state index contributed by atoms with van der Waals surface area (Å²) in [6.07, 6.45) is 0.733. The van der Waals surface area contributed by atoms with Crippen molar-refractivity contribution in [3.8, 4) is 11.8 Å². The summed E-state index contributed by atoms with van der Waals surface area (Å²) in [6, 6.07) is 7.59. The van der Waals surface area contributed by atoms with Gasteiger partial charge in [-0.3, -0.25) is 4.79 Å². The van der Waals surface area contributed by atoms with Gasteiger partial charge in [-0.2, -0.15) is 5.26 Å². The Morgan fingerprint density at radius 3 is 2.78 bits per heavy atom. The van der Waals surface area contributed by atoms with E-state index in [1.165, 1.54) is 4.90 Å². The van der Waals surface area contributed by atoms with Crippen LogP contribution in [0.3, 0.4) is 0 Å². The number of amides is 1. The molecule has 0 N–H and O–H groups in total. The lowest BCUT2D eigenvalue weighted by Gasteiger charge is -2.14. The van der Waals surface area contributed by atoms with Crippen molar-refractivity contribution >= 4 is 5.91 Å². The first-order valence-corrected chi connectivity index (χ1v) is 5.96. The normalized spacial score (nSPS) is 9.67. The predicted molar refractivity (Wildman–Crippen MR) is 69.3 cm³/mol. The molecular weight excluding hydrogens is 228 g/mol. The Bertz CT molecular complexity index is 463. The van der Waals surface area contributed by atoms with Gasteiger partial charge in [0.25, 0.3) is 0 Å². The monoisotopic (exact) mass is 246 g/mol. The molecule has 0 saturated heterocycles. The summed E-state index contributed by atoms with van der Waals surface area (Å²) in [5, 5.41) is 8.48. The Morgan fingerprint density at radius 2 is 2.22 bits per heavy atom. The zero-order valence-corrected chi connectivity index (χ0v) is 11.1. The number of nitrogens with zero attached hydrogens (tertiary/aromatic N) is 2. The third-order valence-corrected chi connectivity index (χ3v) is 2.72. The second-order valence-electron chi connectivity index (χ2n) is 4.12. The molecule has 0 radical (unpaired) electrons. The minimum atomic E-state index is -0.502. The Balaban J connectivity index is 2.61. The van der Waals surface area contributed by atoms with Gasteiger partial charge in [0.1, 0.15) is 5.75 Å². The number of aryl methyl sites for hydroxylation is 1. The van der Waals surface area contributed by atoms with Crippen LogP contribution < -0.4 is 4.74 Å². The number of rotatable bonds is 5. The molecule has 0 fully saturated rings. The van der Waals surface area contributed by atoms with Crippen LogP contribution in [0.15, 0.2) is 18.2 Å². The highest BCUT2D eigenvalue weighted by molar-refractivity contribution is 5.90. The average Bonchev–Trinajstić information content (AvgIpc) is 2.38. The molecule has 1 aromatic carbocycles. The first-order valence-electron chi connectivity index (χ1n) is 5.96. The molecule has 0 aromatic heterocycles. The molecule has 96 valence electrons. The number of carbonyl (C=O) groups is 1. The highest BCUT2D eigenvalue weighted by Gasteiger charge is 2.07. The van der Waals surface area contributed by atoms with Crippen LogP contribution in [0.4, 0.5) is 0 Å². The fraction of sp³-hybridized carbons (Fsp3) is 0.429.